The molecule has 3 aliphatic rings. The zero-order valence-corrected chi connectivity index (χ0v) is 10.5. The number of benzene rings is 1. The molecule has 1 spiro atoms. The Balaban J connectivity index is 2.10. The molecule has 0 bridgehead atoms. The summed E-state index contributed by atoms with van der Waals surface area (Å²) < 4.78 is 12.0. The van der Waals surface area contributed by atoms with Crippen molar-refractivity contribution in [2.75, 3.05) is 5.75 Å². The number of hydrogen-bond donors (Lipinski definition) is 0. The lowest BCUT2D eigenvalue weighted by molar-refractivity contribution is 0.682. The minimum Gasteiger partial charge on any atom is -0.258 e. The number of nitrogens with zero attached hydrogens (tertiary/aromatic N) is 1. The maximum absolute atomic E-state index is 12.5. The van der Waals surface area contributed by atoms with E-state index >= 15 is 0 Å². The van der Waals surface area contributed by atoms with Crippen LogP contribution in [0.2, 0.25) is 0 Å². The zero-order valence-electron chi connectivity index (χ0n) is 9.67. The number of allylic oxidation sites excluding steroid dienone is 3. The molecule has 1 aromatic carbocycles. The molecule has 0 saturated carbocycles. The summed E-state index contributed by atoms with van der Waals surface area (Å²) in [5.74, 6) is 0.612. The van der Waals surface area contributed by atoms with Gasteiger partial charge in [-0.25, -0.2) is 0 Å². The predicted octanol–water partition coefficient (Wildman–Crippen LogP) is 2.78. The highest BCUT2D eigenvalue weighted by molar-refractivity contribution is 7.88. The quantitative estimate of drug-likeness (QED) is 0.699. The zero-order chi connectivity index (χ0) is 12.2. The molecule has 0 saturated heterocycles. The molecular formula is C15H11NOS. The molecule has 1 aliphatic carbocycles. The van der Waals surface area contributed by atoms with E-state index in [1.54, 1.807) is 0 Å². The first kappa shape index (κ1) is 10.2. The fourth-order valence-electron chi connectivity index (χ4n) is 2.89. The van der Waals surface area contributed by atoms with Crippen LogP contribution in [0.4, 0.5) is 5.69 Å². The summed E-state index contributed by atoms with van der Waals surface area (Å²) in [7, 11) is -0.945. The van der Waals surface area contributed by atoms with Crippen molar-refractivity contribution in [3.63, 3.8) is 0 Å². The minimum absolute atomic E-state index is 0.497. The second-order valence-electron chi connectivity index (χ2n) is 4.60. The highest BCUT2D eigenvalue weighted by Crippen LogP contribution is 2.48. The fourth-order valence-corrected chi connectivity index (χ4v) is 4.49. The van der Waals surface area contributed by atoms with Gasteiger partial charge in [0.25, 0.3) is 0 Å². The summed E-state index contributed by atoms with van der Waals surface area (Å²) in [5.41, 5.74) is 4.16. The van der Waals surface area contributed by atoms with E-state index in [9.17, 15) is 4.21 Å². The van der Waals surface area contributed by atoms with E-state index in [2.05, 4.69) is 12.1 Å². The van der Waals surface area contributed by atoms with Crippen LogP contribution in [0.25, 0.3) is 5.57 Å². The van der Waals surface area contributed by atoms with Crippen LogP contribution < -0.4 is 0 Å². The van der Waals surface area contributed by atoms with Gasteiger partial charge in [-0.15, -0.1) is 0 Å². The van der Waals surface area contributed by atoms with Crippen molar-refractivity contribution in [1.29, 1.82) is 0 Å². The number of fused-ring (bicyclic) bond motifs is 2. The van der Waals surface area contributed by atoms with Gasteiger partial charge in [-0.3, -0.25) is 9.20 Å². The van der Waals surface area contributed by atoms with E-state index < -0.39 is 15.5 Å². The van der Waals surface area contributed by atoms with Crippen molar-refractivity contribution in [2.45, 2.75) is 4.75 Å². The third kappa shape index (κ3) is 1.08. The third-order valence-electron chi connectivity index (χ3n) is 3.71. The van der Waals surface area contributed by atoms with E-state index in [1.807, 2.05) is 42.5 Å². The Kier molecular flexibility index (Phi) is 1.92. The molecule has 2 unspecified atom stereocenters. The van der Waals surface area contributed by atoms with Crippen molar-refractivity contribution in [1.82, 2.24) is 0 Å². The number of rotatable bonds is 0. The van der Waals surface area contributed by atoms with Crippen LogP contribution >= 0.6 is 0 Å². The molecule has 2 atom stereocenters. The largest absolute Gasteiger partial charge is 0.258 e. The SMILES string of the molecule is O=S1CC=C2c3ccccc3N=C3C=CC=CC231. The van der Waals surface area contributed by atoms with Crippen LogP contribution in [0, 0.1) is 0 Å². The van der Waals surface area contributed by atoms with Crippen LogP contribution in [-0.4, -0.2) is 20.4 Å². The Hall–Kier alpha value is -1.74. The van der Waals surface area contributed by atoms with Crippen molar-refractivity contribution in [2.24, 2.45) is 4.99 Å². The molecule has 2 heterocycles. The topological polar surface area (TPSA) is 29.4 Å². The number of hydrogen-bond acceptors (Lipinski definition) is 2. The molecule has 0 amide bonds. The van der Waals surface area contributed by atoms with E-state index in [0.29, 0.717) is 5.75 Å². The summed E-state index contributed by atoms with van der Waals surface area (Å²) >= 11 is 0. The molecule has 3 heteroatoms. The third-order valence-corrected chi connectivity index (χ3v) is 5.46. The summed E-state index contributed by atoms with van der Waals surface area (Å²) in [4.78, 5) is 4.70. The van der Waals surface area contributed by atoms with Crippen LogP contribution in [0.1, 0.15) is 5.56 Å². The van der Waals surface area contributed by atoms with Gasteiger partial charge in [-0.2, -0.15) is 0 Å². The Morgan fingerprint density at radius 1 is 1.22 bits per heavy atom. The maximum atomic E-state index is 12.5. The summed E-state index contributed by atoms with van der Waals surface area (Å²) in [6.07, 6.45) is 10.1. The van der Waals surface area contributed by atoms with Gasteiger partial charge < -0.3 is 0 Å². The van der Waals surface area contributed by atoms with Crippen molar-refractivity contribution < 1.29 is 4.21 Å². The normalized spacial score (nSPS) is 31.2. The van der Waals surface area contributed by atoms with Gasteiger partial charge in [-0.1, -0.05) is 42.5 Å². The van der Waals surface area contributed by atoms with Gasteiger partial charge >= 0.3 is 0 Å². The monoisotopic (exact) mass is 253 g/mol. The summed E-state index contributed by atoms with van der Waals surface area (Å²) in [6.45, 7) is 0. The molecule has 2 nitrogen and oxygen atoms in total. The predicted molar refractivity (Wildman–Crippen MR) is 75.5 cm³/mol. The fraction of sp³-hybridized carbons (Fsp3) is 0.133. The van der Waals surface area contributed by atoms with Crippen LogP contribution in [0.15, 0.2) is 59.6 Å². The van der Waals surface area contributed by atoms with Gasteiger partial charge in [0.1, 0.15) is 4.75 Å². The number of para-hydroxylation sites is 1. The molecule has 2 aliphatic heterocycles. The van der Waals surface area contributed by atoms with Crippen LogP contribution in [-0.2, 0) is 10.8 Å². The van der Waals surface area contributed by atoms with Gasteiger partial charge in [0.2, 0.25) is 0 Å². The lowest BCUT2D eigenvalue weighted by Crippen LogP contribution is -2.41. The maximum Gasteiger partial charge on any atom is 0.132 e. The van der Waals surface area contributed by atoms with Crippen molar-refractivity contribution in [3.05, 3.63) is 60.2 Å². The Labute approximate surface area is 108 Å². The highest BCUT2D eigenvalue weighted by atomic mass is 32.2. The lowest BCUT2D eigenvalue weighted by atomic mass is 9.82. The van der Waals surface area contributed by atoms with Crippen molar-refractivity contribution in [3.8, 4) is 0 Å². The molecule has 88 valence electrons. The smallest absolute Gasteiger partial charge is 0.132 e. The van der Waals surface area contributed by atoms with E-state index in [1.165, 1.54) is 0 Å². The average Bonchev–Trinajstić information content (AvgIpc) is 2.74. The molecule has 0 aromatic heterocycles. The molecular weight excluding hydrogens is 242 g/mol. The standard InChI is InChI=1S/C15H11NOS/c17-18-10-8-12-11-5-1-2-6-13(11)16-14-7-3-4-9-15(12,14)18/h1-9H,10H2. The summed E-state index contributed by atoms with van der Waals surface area (Å²) in [6, 6.07) is 8.08. The lowest BCUT2D eigenvalue weighted by Gasteiger charge is -2.34. The summed E-state index contributed by atoms with van der Waals surface area (Å²) in [5, 5.41) is 0. The second-order valence-corrected chi connectivity index (χ2v) is 6.27. The molecule has 0 N–H and O–H groups in total. The highest BCUT2D eigenvalue weighted by Gasteiger charge is 2.49. The molecule has 4 rings (SSSR count). The van der Waals surface area contributed by atoms with Crippen LogP contribution in [0.5, 0.6) is 0 Å². The molecule has 1 aromatic rings. The first-order chi connectivity index (χ1) is 8.82. The first-order valence-electron chi connectivity index (χ1n) is 5.96. The van der Waals surface area contributed by atoms with E-state index in [4.69, 9.17) is 4.99 Å². The van der Waals surface area contributed by atoms with Gasteiger partial charge in [0.15, 0.2) is 0 Å². The average molecular weight is 253 g/mol. The minimum atomic E-state index is -0.945. The van der Waals surface area contributed by atoms with Gasteiger partial charge in [-0.05, 0) is 17.7 Å². The Bertz CT molecular complexity index is 696. The van der Waals surface area contributed by atoms with Gasteiger partial charge in [0.05, 0.1) is 11.4 Å². The van der Waals surface area contributed by atoms with Gasteiger partial charge in [0, 0.05) is 22.1 Å². The Morgan fingerprint density at radius 3 is 3.06 bits per heavy atom. The number of aliphatic imine (C=N–C) groups is 1. The van der Waals surface area contributed by atoms with E-state index in [-0.39, 0.29) is 0 Å². The van der Waals surface area contributed by atoms with E-state index in [0.717, 1.165) is 22.5 Å². The Morgan fingerprint density at radius 2 is 2.11 bits per heavy atom. The molecule has 0 radical (unpaired) electrons. The first-order valence-corrected chi connectivity index (χ1v) is 7.28. The molecule has 18 heavy (non-hydrogen) atoms. The van der Waals surface area contributed by atoms with Crippen molar-refractivity contribution >= 4 is 27.8 Å². The van der Waals surface area contributed by atoms with Crippen LogP contribution in [0.3, 0.4) is 0 Å². The molecule has 0 fully saturated rings. The second kappa shape index (κ2) is 3.39.